The largest absolute Gasteiger partial charge is 0.481 e. The average Bonchev–Trinajstić information content (AvgIpc) is 2.65. The third-order valence-corrected chi connectivity index (χ3v) is 5.63. The summed E-state index contributed by atoms with van der Waals surface area (Å²) in [5, 5.41) is 4.91. The highest BCUT2D eigenvalue weighted by atomic mass is 32.1. The Bertz CT molecular complexity index is 898. The Morgan fingerprint density at radius 1 is 1.44 bits per heavy atom. The van der Waals surface area contributed by atoms with E-state index in [0.29, 0.717) is 47.6 Å². The zero-order chi connectivity index (χ0) is 19.6. The van der Waals surface area contributed by atoms with Gasteiger partial charge in [-0.15, -0.1) is 0 Å². The van der Waals surface area contributed by atoms with E-state index in [0.717, 1.165) is 23.9 Å². The van der Waals surface area contributed by atoms with Crippen LogP contribution in [0.4, 0.5) is 5.82 Å². The van der Waals surface area contributed by atoms with Crippen LogP contribution in [0.1, 0.15) is 19.3 Å². The van der Waals surface area contributed by atoms with Crippen LogP contribution in [0.3, 0.4) is 0 Å². The summed E-state index contributed by atoms with van der Waals surface area (Å²) in [4.78, 5) is 37.6. The number of pyridine rings is 1. The van der Waals surface area contributed by atoms with Crippen LogP contribution in [-0.4, -0.2) is 56.0 Å². The van der Waals surface area contributed by atoms with Gasteiger partial charge in [-0.1, -0.05) is 0 Å². The number of hydrogen-bond acceptors (Lipinski definition) is 8. The quantitative estimate of drug-likeness (QED) is 0.483. The molecular formula is C16H22N5O4PS. The molecule has 1 fully saturated rings. The van der Waals surface area contributed by atoms with Crippen LogP contribution >= 0.6 is 20.6 Å². The van der Waals surface area contributed by atoms with Crippen molar-refractivity contribution in [1.82, 2.24) is 14.8 Å². The fraction of sp³-hybridized carbons (Fsp3) is 0.500. The summed E-state index contributed by atoms with van der Waals surface area (Å²) < 4.78 is 6.27. The van der Waals surface area contributed by atoms with E-state index >= 15 is 0 Å². The number of nitrogens with zero attached hydrogens (tertiary/aromatic N) is 4. The van der Waals surface area contributed by atoms with Crippen molar-refractivity contribution in [2.75, 3.05) is 31.3 Å². The number of methoxy groups -OCH3 is 1. The Hall–Kier alpha value is -1.87. The van der Waals surface area contributed by atoms with Crippen LogP contribution in [0.15, 0.2) is 17.1 Å². The Morgan fingerprint density at radius 2 is 2.15 bits per heavy atom. The lowest BCUT2D eigenvalue weighted by Gasteiger charge is -2.33. The summed E-state index contributed by atoms with van der Waals surface area (Å²) in [7, 11) is -0.319. The number of hydrogen-bond donors (Lipinski definition) is 3. The first-order chi connectivity index (χ1) is 12.9. The van der Waals surface area contributed by atoms with Gasteiger partial charge in [0.1, 0.15) is 5.82 Å². The standard InChI is InChI=1S/C16H22N5O4PS/c1-25-12-8-11-9-18-21(16(17)27)15(22)13(11)14(19-12)20-5-2-10(3-6-20)4-7-26(23)24/h8-10,23-24H,2-7H2,1H3,(H2,17,27). The predicted molar refractivity (Wildman–Crippen MR) is 108 cm³/mol. The molecule has 0 radical (unpaired) electrons. The Kier molecular flexibility index (Phi) is 6.21. The molecule has 9 nitrogen and oxygen atoms in total. The van der Waals surface area contributed by atoms with Gasteiger partial charge in [-0.25, -0.2) is 0 Å². The van der Waals surface area contributed by atoms with Crippen LogP contribution in [0, 0.1) is 5.92 Å². The van der Waals surface area contributed by atoms with Crippen molar-refractivity contribution in [1.29, 1.82) is 0 Å². The first kappa shape index (κ1) is 19.9. The second kappa shape index (κ2) is 8.43. The zero-order valence-corrected chi connectivity index (χ0v) is 16.6. The molecule has 0 saturated carbocycles. The van der Waals surface area contributed by atoms with E-state index < -0.39 is 13.9 Å². The predicted octanol–water partition coefficient (Wildman–Crippen LogP) is 0.795. The molecule has 2 aromatic heterocycles. The molecule has 3 heterocycles. The minimum absolute atomic E-state index is 0.119. The molecule has 0 aromatic carbocycles. The second-order valence-electron chi connectivity index (χ2n) is 6.47. The van der Waals surface area contributed by atoms with Crippen LogP contribution in [0.5, 0.6) is 5.88 Å². The van der Waals surface area contributed by atoms with Gasteiger partial charge in [0.2, 0.25) is 5.88 Å². The van der Waals surface area contributed by atoms with Crippen molar-refractivity contribution in [3.05, 3.63) is 22.6 Å². The Labute approximate surface area is 162 Å². The SMILES string of the molecule is COc1cc2cnn(C(N)=S)c(=O)c2c(N2CCC(CCP(O)O)CC2)n1. The first-order valence-corrected chi connectivity index (χ1v) is 10.4. The number of thiocarbonyl (C=S) groups is 1. The molecule has 0 spiro atoms. The summed E-state index contributed by atoms with van der Waals surface area (Å²) in [5.41, 5.74) is 5.20. The van der Waals surface area contributed by atoms with Gasteiger partial charge in [-0.05, 0) is 37.4 Å². The molecule has 0 atom stereocenters. The molecule has 4 N–H and O–H groups in total. The van der Waals surface area contributed by atoms with Crippen molar-refractivity contribution in [2.45, 2.75) is 19.3 Å². The summed E-state index contributed by atoms with van der Waals surface area (Å²) in [5.74, 6) is 1.37. The summed E-state index contributed by atoms with van der Waals surface area (Å²) in [6, 6.07) is 1.66. The van der Waals surface area contributed by atoms with Gasteiger partial charge in [0.15, 0.2) is 13.5 Å². The molecule has 1 aliphatic rings. The third-order valence-electron chi connectivity index (χ3n) is 4.80. The molecule has 0 unspecified atom stereocenters. The van der Waals surface area contributed by atoms with Gasteiger partial charge in [-0.2, -0.15) is 14.8 Å². The van der Waals surface area contributed by atoms with Crippen LogP contribution < -0.4 is 20.9 Å². The van der Waals surface area contributed by atoms with Crippen molar-refractivity contribution in [3.8, 4) is 5.88 Å². The smallest absolute Gasteiger partial charge is 0.285 e. The van der Waals surface area contributed by atoms with E-state index in [2.05, 4.69) is 10.1 Å². The highest BCUT2D eigenvalue weighted by Crippen LogP contribution is 2.32. The van der Waals surface area contributed by atoms with E-state index in [1.165, 1.54) is 13.3 Å². The third kappa shape index (κ3) is 4.35. The molecular weight excluding hydrogens is 389 g/mol. The molecule has 146 valence electrons. The van der Waals surface area contributed by atoms with Gasteiger partial charge >= 0.3 is 0 Å². The van der Waals surface area contributed by atoms with Crippen molar-refractivity contribution >= 4 is 42.3 Å². The maximum Gasteiger partial charge on any atom is 0.285 e. The lowest BCUT2D eigenvalue weighted by molar-refractivity contribution is 0.381. The van der Waals surface area contributed by atoms with Gasteiger partial charge in [0.05, 0.1) is 18.7 Å². The molecule has 11 heteroatoms. The van der Waals surface area contributed by atoms with Gasteiger partial charge < -0.3 is 25.2 Å². The van der Waals surface area contributed by atoms with Gasteiger partial charge in [-0.3, -0.25) is 4.79 Å². The highest BCUT2D eigenvalue weighted by Gasteiger charge is 2.24. The Morgan fingerprint density at radius 3 is 2.74 bits per heavy atom. The van der Waals surface area contributed by atoms with E-state index in [4.69, 9.17) is 32.5 Å². The molecule has 2 aromatic rings. The van der Waals surface area contributed by atoms with Crippen LogP contribution in [0.25, 0.3) is 10.8 Å². The molecule has 3 rings (SSSR count). The summed E-state index contributed by atoms with van der Waals surface area (Å²) >= 11 is 4.91. The van der Waals surface area contributed by atoms with Crippen molar-refractivity contribution < 1.29 is 14.5 Å². The topological polar surface area (TPSA) is 127 Å². The van der Waals surface area contributed by atoms with E-state index in [1.54, 1.807) is 6.07 Å². The average molecular weight is 411 g/mol. The van der Waals surface area contributed by atoms with E-state index in [9.17, 15) is 4.79 Å². The lowest BCUT2D eigenvalue weighted by Crippen LogP contribution is -2.37. The molecule has 0 amide bonds. The lowest BCUT2D eigenvalue weighted by atomic mass is 9.94. The highest BCUT2D eigenvalue weighted by molar-refractivity contribution is 7.80. The fourth-order valence-electron chi connectivity index (χ4n) is 3.35. The Balaban J connectivity index is 1.95. The number of piperidine rings is 1. The molecule has 1 aliphatic heterocycles. The monoisotopic (exact) mass is 411 g/mol. The van der Waals surface area contributed by atoms with Crippen molar-refractivity contribution in [3.63, 3.8) is 0 Å². The summed E-state index contributed by atoms with van der Waals surface area (Å²) in [6.45, 7) is 1.42. The molecule has 0 bridgehead atoms. The number of fused-ring (bicyclic) bond motifs is 1. The second-order valence-corrected chi connectivity index (χ2v) is 8.08. The maximum atomic E-state index is 12.8. The van der Waals surface area contributed by atoms with Gasteiger partial charge in [0, 0.05) is 30.7 Å². The number of aromatic nitrogens is 3. The number of ether oxygens (including phenoxy) is 1. The van der Waals surface area contributed by atoms with Crippen LogP contribution in [0.2, 0.25) is 0 Å². The first-order valence-electron chi connectivity index (χ1n) is 8.57. The minimum atomic E-state index is -1.84. The normalized spacial score (nSPS) is 15.5. The van der Waals surface area contributed by atoms with E-state index in [-0.39, 0.29) is 5.11 Å². The van der Waals surface area contributed by atoms with Gasteiger partial charge in [0.25, 0.3) is 5.56 Å². The number of rotatable bonds is 5. The number of anilines is 1. The van der Waals surface area contributed by atoms with Crippen LogP contribution in [-0.2, 0) is 0 Å². The summed E-state index contributed by atoms with van der Waals surface area (Å²) in [6.07, 6.45) is 4.53. The maximum absolute atomic E-state index is 12.8. The number of nitrogens with two attached hydrogens (primary N) is 1. The molecule has 1 saturated heterocycles. The molecule has 27 heavy (non-hydrogen) atoms. The van der Waals surface area contributed by atoms with E-state index in [1.807, 2.05) is 4.90 Å². The molecule has 0 aliphatic carbocycles. The minimum Gasteiger partial charge on any atom is -0.481 e. The van der Waals surface area contributed by atoms with Crippen molar-refractivity contribution in [2.24, 2.45) is 11.7 Å². The fourth-order valence-corrected chi connectivity index (χ4v) is 4.07. The zero-order valence-electron chi connectivity index (χ0n) is 14.9.